The Morgan fingerprint density at radius 1 is 1.03 bits per heavy atom. The molecule has 4 rings (SSSR count). The molecule has 2 aliphatic rings. The van der Waals surface area contributed by atoms with Gasteiger partial charge in [0.15, 0.2) is 11.5 Å². The van der Waals surface area contributed by atoms with Gasteiger partial charge in [0.1, 0.15) is 6.61 Å². The van der Waals surface area contributed by atoms with E-state index < -0.39 is 0 Å². The van der Waals surface area contributed by atoms with Gasteiger partial charge in [0.25, 0.3) is 5.91 Å². The van der Waals surface area contributed by atoms with Gasteiger partial charge in [0.05, 0.1) is 12.2 Å². The van der Waals surface area contributed by atoms with Crippen LogP contribution in [-0.4, -0.2) is 62.7 Å². The molecule has 2 amide bonds. The molecule has 1 fully saturated rings. The molecule has 1 N–H and O–H groups in total. The van der Waals surface area contributed by atoms with Crippen LogP contribution in [0.25, 0.3) is 6.08 Å². The van der Waals surface area contributed by atoms with Gasteiger partial charge in [0.2, 0.25) is 5.91 Å². The van der Waals surface area contributed by atoms with Crippen LogP contribution >= 0.6 is 0 Å². The summed E-state index contributed by atoms with van der Waals surface area (Å²) in [5.41, 5.74) is 2.54. The van der Waals surface area contributed by atoms with Crippen LogP contribution in [0.3, 0.4) is 0 Å². The average molecular weight is 436 g/mol. The molecule has 0 bridgehead atoms. The molecule has 0 saturated carbocycles. The summed E-state index contributed by atoms with van der Waals surface area (Å²) in [7, 11) is 0. The van der Waals surface area contributed by atoms with Crippen LogP contribution in [-0.2, 0) is 9.59 Å². The van der Waals surface area contributed by atoms with E-state index >= 15 is 0 Å². The molecule has 0 spiro atoms. The van der Waals surface area contributed by atoms with Crippen LogP contribution in [0.2, 0.25) is 0 Å². The minimum absolute atomic E-state index is 0.0681. The number of ether oxygens (including phenoxy) is 2. The first-order valence-corrected chi connectivity index (χ1v) is 11.1. The Balaban J connectivity index is 1.24. The number of nitrogens with zero attached hydrogens (tertiary/aromatic N) is 2. The van der Waals surface area contributed by atoms with Crippen molar-refractivity contribution in [3.8, 4) is 11.5 Å². The molecule has 168 valence electrons. The van der Waals surface area contributed by atoms with Crippen molar-refractivity contribution >= 4 is 23.6 Å². The van der Waals surface area contributed by atoms with Crippen molar-refractivity contribution in [2.24, 2.45) is 0 Å². The fraction of sp³-hybridized carbons (Fsp3) is 0.360. The first-order valence-electron chi connectivity index (χ1n) is 11.1. The van der Waals surface area contributed by atoms with Crippen molar-refractivity contribution in [2.45, 2.75) is 13.3 Å². The second-order valence-corrected chi connectivity index (χ2v) is 7.78. The molecule has 32 heavy (non-hydrogen) atoms. The molecular formula is C25H29N3O4. The van der Waals surface area contributed by atoms with Crippen molar-refractivity contribution in [3.05, 3.63) is 59.7 Å². The third-order valence-electron chi connectivity index (χ3n) is 5.68. The van der Waals surface area contributed by atoms with E-state index in [1.54, 1.807) is 0 Å². The molecule has 0 aliphatic carbocycles. The Bertz CT molecular complexity index is 982. The third kappa shape index (κ3) is 5.04. The Hall–Kier alpha value is -3.48. The van der Waals surface area contributed by atoms with Gasteiger partial charge in [-0.05, 0) is 31.2 Å². The molecule has 0 aromatic heterocycles. The van der Waals surface area contributed by atoms with Gasteiger partial charge in [-0.1, -0.05) is 30.3 Å². The zero-order chi connectivity index (χ0) is 22.3. The minimum atomic E-state index is -0.209. The standard InChI is InChI=1S/C25H29N3O4/c1-2-31-22-10-6-7-19-17-20(18-32-24(19)22)25(30)26-12-11-23(29)28-15-13-27(14-16-28)21-8-4-3-5-9-21/h3-10,17H,2,11-16,18H2,1H3,(H,26,30). The summed E-state index contributed by atoms with van der Waals surface area (Å²) < 4.78 is 11.4. The van der Waals surface area contributed by atoms with Gasteiger partial charge in [-0.3, -0.25) is 9.59 Å². The first-order chi connectivity index (χ1) is 15.7. The highest BCUT2D eigenvalue weighted by molar-refractivity contribution is 5.99. The van der Waals surface area contributed by atoms with E-state index in [1.807, 2.05) is 54.3 Å². The summed E-state index contributed by atoms with van der Waals surface area (Å²) in [6, 6.07) is 15.9. The minimum Gasteiger partial charge on any atom is -0.490 e. The monoisotopic (exact) mass is 435 g/mol. The fourth-order valence-corrected chi connectivity index (χ4v) is 3.99. The maximum atomic E-state index is 12.6. The van der Waals surface area contributed by atoms with E-state index in [1.165, 1.54) is 5.69 Å². The van der Waals surface area contributed by atoms with Gasteiger partial charge in [-0.25, -0.2) is 0 Å². The summed E-state index contributed by atoms with van der Waals surface area (Å²) in [5.74, 6) is 1.20. The lowest BCUT2D eigenvalue weighted by Gasteiger charge is -2.36. The number of hydrogen-bond donors (Lipinski definition) is 1. The van der Waals surface area contributed by atoms with Crippen molar-refractivity contribution in [1.82, 2.24) is 10.2 Å². The van der Waals surface area contributed by atoms with Crippen LogP contribution in [0.1, 0.15) is 18.9 Å². The van der Waals surface area contributed by atoms with E-state index in [0.29, 0.717) is 43.3 Å². The highest BCUT2D eigenvalue weighted by Gasteiger charge is 2.22. The van der Waals surface area contributed by atoms with E-state index in [4.69, 9.17) is 9.47 Å². The average Bonchev–Trinajstić information content (AvgIpc) is 2.84. The maximum Gasteiger partial charge on any atom is 0.250 e. The van der Waals surface area contributed by atoms with E-state index in [9.17, 15) is 9.59 Å². The van der Waals surface area contributed by atoms with Crippen molar-refractivity contribution in [3.63, 3.8) is 0 Å². The summed E-state index contributed by atoms with van der Waals surface area (Å²) in [4.78, 5) is 29.3. The summed E-state index contributed by atoms with van der Waals surface area (Å²) >= 11 is 0. The normalized spacial score (nSPS) is 15.3. The molecule has 1 saturated heterocycles. The van der Waals surface area contributed by atoms with Crippen LogP contribution in [0.5, 0.6) is 11.5 Å². The predicted molar refractivity (Wildman–Crippen MR) is 124 cm³/mol. The summed E-state index contributed by atoms with van der Waals surface area (Å²) in [6.45, 7) is 5.97. The number of nitrogens with one attached hydrogen (secondary N) is 1. The second-order valence-electron chi connectivity index (χ2n) is 7.78. The number of anilines is 1. The summed E-state index contributed by atoms with van der Waals surface area (Å²) in [5, 5.41) is 2.85. The maximum absolute atomic E-state index is 12.6. The number of carbonyl (C=O) groups is 2. The Kier molecular flexibility index (Phi) is 6.94. The largest absolute Gasteiger partial charge is 0.490 e. The van der Waals surface area contributed by atoms with Gasteiger partial charge >= 0.3 is 0 Å². The highest BCUT2D eigenvalue weighted by atomic mass is 16.5. The topological polar surface area (TPSA) is 71.1 Å². The van der Waals surface area contributed by atoms with E-state index in [2.05, 4.69) is 22.3 Å². The highest BCUT2D eigenvalue weighted by Crippen LogP contribution is 2.35. The van der Waals surface area contributed by atoms with Crippen molar-refractivity contribution in [1.29, 1.82) is 0 Å². The van der Waals surface area contributed by atoms with Gasteiger partial charge in [0, 0.05) is 50.4 Å². The second kappa shape index (κ2) is 10.2. The van der Waals surface area contributed by atoms with Gasteiger partial charge < -0.3 is 24.6 Å². The van der Waals surface area contributed by atoms with Crippen LogP contribution in [0.15, 0.2) is 54.1 Å². The SMILES string of the molecule is CCOc1cccc2c1OCC(C(=O)NCCC(=O)N1CCN(c3ccccc3)CC1)=C2. The van der Waals surface area contributed by atoms with Crippen LogP contribution in [0.4, 0.5) is 5.69 Å². The molecular weight excluding hydrogens is 406 g/mol. The smallest absolute Gasteiger partial charge is 0.250 e. The number of benzene rings is 2. The number of amides is 2. The quantitative estimate of drug-likeness (QED) is 0.724. The fourth-order valence-electron chi connectivity index (χ4n) is 3.99. The molecule has 0 unspecified atom stereocenters. The molecule has 2 aromatic carbocycles. The molecule has 2 aromatic rings. The van der Waals surface area contributed by atoms with Gasteiger partial charge in [-0.2, -0.15) is 0 Å². The number of carbonyl (C=O) groups excluding carboxylic acids is 2. The van der Waals surface area contributed by atoms with Crippen molar-refractivity contribution < 1.29 is 19.1 Å². The zero-order valence-corrected chi connectivity index (χ0v) is 18.4. The first kappa shape index (κ1) is 21.7. The van der Waals surface area contributed by atoms with Crippen LogP contribution < -0.4 is 19.7 Å². The van der Waals surface area contributed by atoms with Crippen LogP contribution in [0, 0.1) is 0 Å². The molecule has 0 atom stereocenters. The predicted octanol–water partition coefficient (Wildman–Crippen LogP) is 2.72. The lowest BCUT2D eigenvalue weighted by Crippen LogP contribution is -2.49. The zero-order valence-electron chi connectivity index (χ0n) is 18.4. The lowest BCUT2D eigenvalue weighted by molar-refractivity contribution is -0.131. The van der Waals surface area contributed by atoms with E-state index in [0.717, 1.165) is 18.7 Å². The Morgan fingerprint density at radius 3 is 2.56 bits per heavy atom. The molecule has 7 heteroatoms. The van der Waals surface area contributed by atoms with E-state index in [-0.39, 0.29) is 24.8 Å². The summed E-state index contributed by atoms with van der Waals surface area (Å²) in [6.07, 6.45) is 2.11. The molecule has 2 aliphatic heterocycles. The Labute approximate surface area is 188 Å². The number of piperazine rings is 1. The van der Waals surface area contributed by atoms with Crippen molar-refractivity contribution in [2.75, 3.05) is 50.8 Å². The molecule has 0 radical (unpaired) electrons. The number of rotatable bonds is 7. The molecule has 7 nitrogen and oxygen atoms in total. The van der Waals surface area contributed by atoms with Gasteiger partial charge in [-0.15, -0.1) is 0 Å². The number of hydrogen-bond acceptors (Lipinski definition) is 5. The third-order valence-corrected chi connectivity index (χ3v) is 5.68. The number of para-hydroxylation sites is 2. The molecule has 2 heterocycles. The Morgan fingerprint density at radius 2 is 1.81 bits per heavy atom. The lowest BCUT2D eigenvalue weighted by atomic mass is 10.1. The number of fused-ring (bicyclic) bond motifs is 1.